The topological polar surface area (TPSA) is 103 Å². The lowest BCUT2D eigenvalue weighted by molar-refractivity contribution is -0.114. The largest absolute Gasteiger partial charge is 0.492 e. The highest BCUT2D eigenvalue weighted by Gasteiger charge is 2.14. The first-order valence-electron chi connectivity index (χ1n) is 8.32. The molecule has 138 valence electrons. The Labute approximate surface area is 152 Å². The summed E-state index contributed by atoms with van der Waals surface area (Å²) in [5.74, 6) is 0.499. The average Bonchev–Trinajstić information content (AvgIpc) is 2.59. The standard InChI is InChI=1S/C19H23N3O4/c1-4-25-17-11-18(26-5-2)16(10-15(17)20)22-19(24)13-6-8-14(9-7-13)21-12(3)23/h6-11H,4-5,20H2,1-3H3,(H,21,23)(H,22,24). The predicted octanol–water partition coefficient (Wildman–Crippen LogP) is 3.28. The molecule has 0 fully saturated rings. The summed E-state index contributed by atoms with van der Waals surface area (Å²) < 4.78 is 11.0. The molecule has 0 saturated carbocycles. The zero-order chi connectivity index (χ0) is 19.1. The van der Waals surface area contributed by atoms with Crippen LogP contribution in [0, 0.1) is 0 Å². The van der Waals surface area contributed by atoms with Gasteiger partial charge in [0, 0.05) is 24.2 Å². The van der Waals surface area contributed by atoms with E-state index in [2.05, 4.69) is 10.6 Å². The number of nitrogens with one attached hydrogen (secondary N) is 2. The highest BCUT2D eigenvalue weighted by Crippen LogP contribution is 2.35. The Bertz CT molecular complexity index is 788. The second-order valence-corrected chi connectivity index (χ2v) is 5.46. The Morgan fingerprint density at radius 1 is 0.962 bits per heavy atom. The number of carbonyl (C=O) groups is 2. The Balaban J connectivity index is 2.21. The molecule has 0 atom stereocenters. The first-order valence-corrected chi connectivity index (χ1v) is 8.32. The van der Waals surface area contributed by atoms with Gasteiger partial charge in [0.2, 0.25) is 5.91 Å². The van der Waals surface area contributed by atoms with Crippen LogP contribution < -0.4 is 25.8 Å². The van der Waals surface area contributed by atoms with Crippen LogP contribution in [0.2, 0.25) is 0 Å². The highest BCUT2D eigenvalue weighted by molar-refractivity contribution is 6.05. The van der Waals surface area contributed by atoms with Crippen molar-refractivity contribution in [3.63, 3.8) is 0 Å². The van der Waals surface area contributed by atoms with Crippen molar-refractivity contribution in [2.75, 3.05) is 29.6 Å². The zero-order valence-electron chi connectivity index (χ0n) is 15.1. The lowest BCUT2D eigenvalue weighted by Gasteiger charge is -2.15. The van der Waals surface area contributed by atoms with E-state index in [1.165, 1.54) is 6.92 Å². The number of carbonyl (C=O) groups excluding carboxylic acids is 2. The number of amides is 2. The van der Waals surface area contributed by atoms with Gasteiger partial charge in [-0.05, 0) is 44.2 Å². The molecule has 0 radical (unpaired) electrons. The predicted molar refractivity (Wildman–Crippen MR) is 102 cm³/mol. The number of hydrogen-bond acceptors (Lipinski definition) is 5. The van der Waals surface area contributed by atoms with Crippen LogP contribution >= 0.6 is 0 Å². The van der Waals surface area contributed by atoms with E-state index < -0.39 is 0 Å². The number of rotatable bonds is 7. The van der Waals surface area contributed by atoms with E-state index in [0.717, 1.165) is 0 Å². The average molecular weight is 357 g/mol. The summed E-state index contributed by atoms with van der Waals surface area (Å²) in [5.41, 5.74) is 7.91. The van der Waals surface area contributed by atoms with Crippen LogP contribution in [0.5, 0.6) is 11.5 Å². The van der Waals surface area contributed by atoms with E-state index in [1.807, 2.05) is 13.8 Å². The van der Waals surface area contributed by atoms with Gasteiger partial charge in [0.05, 0.1) is 24.6 Å². The fraction of sp³-hybridized carbons (Fsp3) is 0.263. The lowest BCUT2D eigenvalue weighted by Crippen LogP contribution is -2.14. The first-order chi connectivity index (χ1) is 12.4. The third-order valence-electron chi connectivity index (χ3n) is 3.43. The SMILES string of the molecule is CCOc1cc(OCC)c(NC(=O)c2ccc(NC(C)=O)cc2)cc1N. The number of anilines is 3. The van der Waals surface area contributed by atoms with Crippen LogP contribution in [0.3, 0.4) is 0 Å². The van der Waals surface area contributed by atoms with Crippen molar-refractivity contribution in [1.82, 2.24) is 0 Å². The third-order valence-corrected chi connectivity index (χ3v) is 3.43. The molecule has 0 aliphatic heterocycles. The molecular formula is C19H23N3O4. The van der Waals surface area contributed by atoms with Gasteiger partial charge >= 0.3 is 0 Å². The van der Waals surface area contributed by atoms with Crippen molar-refractivity contribution in [1.29, 1.82) is 0 Å². The van der Waals surface area contributed by atoms with E-state index in [1.54, 1.807) is 36.4 Å². The van der Waals surface area contributed by atoms with Crippen LogP contribution in [-0.2, 0) is 4.79 Å². The van der Waals surface area contributed by atoms with E-state index in [0.29, 0.717) is 47.3 Å². The summed E-state index contributed by atoms with van der Waals surface area (Å²) >= 11 is 0. The Hall–Kier alpha value is -3.22. The van der Waals surface area contributed by atoms with Crippen molar-refractivity contribution in [3.05, 3.63) is 42.0 Å². The number of ether oxygens (including phenoxy) is 2. The third kappa shape index (κ3) is 4.89. The van der Waals surface area contributed by atoms with Gasteiger partial charge in [0.15, 0.2) is 0 Å². The molecule has 0 aromatic heterocycles. The van der Waals surface area contributed by atoms with Gasteiger partial charge < -0.3 is 25.8 Å². The molecule has 0 unspecified atom stereocenters. The molecule has 0 aliphatic carbocycles. The molecule has 2 aromatic carbocycles. The van der Waals surface area contributed by atoms with E-state index in [4.69, 9.17) is 15.2 Å². The maximum absolute atomic E-state index is 12.5. The van der Waals surface area contributed by atoms with Crippen molar-refractivity contribution in [2.24, 2.45) is 0 Å². The summed E-state index contributed by atoms with van der Waals surface area (Å²) in [7, 11) is 0. The molecule has 0 aliphatic rings. The number of nitrogens with two attached hydrogens (primary N) is 1. The molecule has 0 spiro atoms. The van der Waals surface area contributed by atoms with Crippen LogP contribution in [0.15, 0.2) is 36.4 Å². The molecule has 4 N–H and O–H groups in total. The monoisotopic (exact) mass is 357 g/mol. The normalized spacial score (nSPS) is 10.1. The first kappa shape index (κ1) is 19.1. The van der Waals surface area contributed by atoms with Gasteiger partial charge in [-0.2, -0.15) is 0 Å². The van der Waals surface area contributed by atoms with Crippen molar-refractivity contribution < 1.29 is 19.1 Å². The van der Waals surface area contributed by atoms with E-state index >= 15 is 0 Å². The highest BCUT2D eigenvalue weighted by atomic mass is 16.5. The smallest absolute Gasteiger partial charge is 0.255 e. The van der Waals surface area contributed by atoms with Gasteiger partial charge in [-0.25, -0.2) is 0 Å². The molecule has 7 heteroatoms. The fourth-order valence-electron chi connectivity index (χ4n) is 2.33. The van der Waals surface area contributed by atoms with E-state index in [-0.39, 0.29) is 11.8 Å². The van der Waals surface area contributed by atoms with Gasteiger partial charge in [0.25, 0.3) is 5.91 Å². The number of benzene rings is 2. The summed E-state index contributed by atoms with van der Waals surface area (Å²) in [4.78, 5) is 23.6. The maximum Gasteiger partial charge on any atom is 0.255 e. The van der Waals surface area contributed by atoms with Gasteiger partial charge in [-0.15, -0.1) is 0 Å². The summed E-state index contributed by atoms with van der Waals surface area (Å²) in [6.45, 7) is 6.04. The molecule has 0 bridgehead atoms. The minimum Gasteiger partial charge on any atom is -0.492 e. The van der Waals surface area contributed by atoms with Crippen LogP contribution in [0.1, 0.15) is 31.1 Å². The van der Waals surface area contributed by atoms with Gasteiger partial charge in [-0.3, -0.25) is 9.59 Å². The molecule has 2 amide bonds. The van der Waals surface area contributed by atoms with Crippen molar-refractivity contribution in [3.8, 4) is 11.5 Å². The second-order valence-electron chi connectivity index (χ2n) is 5.46. The Morgan fingerprint density at radius 3 is 2.15 bits per heavy atom. The minimum absolute atomic E-state index is 0.173. The van der Waals surface area contributed by atoms with E-state index in [9.17, 15) is 9.59 Å². The molecule has 0 saturated heterocycles. The number of hydrogen-bond donors (Lipinski definition) is 3. The summed E-state index contributed by atoms with van der Waals surface area (Å²) in [6.07, 6.45) is 0. The Morgan fingerprint density at radius 2 is 1.58 bits per heavy atom. The minimum atomic E-state index is -0.316. The van der Waals surface area contributed by atoms with Gasteiger partial charge in [-0.1, -0.05) is 0 Å². The molecule has 0 heterocycles. The lowest BCUT2D eigenvalue weighted by atomic mass is 10.1. The summed E-state index contributed by atoms with van der Waals surface area (Å²) in [5, 5.41) is 5.45. The zero-order valence-corrected chi connectivity index (χ0v) is 15.1. The van der Waals surface area contributed by atoms with Crippen LogP contribution in [-0.4, -0.2) is 25.0 Å². The number of nitrogen functional groups attached to an aromatic ring is 1. The Kier molecular flexibility index (Phi) is 6.43. The maximum atomic E-state index is 12.5. The summed E-state index contributed by atoms with van der Waals surface area (Å²) in [6, 6.07) is 9.84. The van der Waals surface area contributed by atoms with Gasteiger partial charge in [0.1, 0.15) is 11.5 Å². The van der Waals surface area contributed by atoms with Crippen LogP contribution in [0.4, 0.5) is 17.1 Å². The quantitative estimate of drug-likeness (QED) is 0.660. The molecule has 2 aromatic rings. The molecular weight excluding hydrogens is 334 g/mol. The molecule has 7 nitrogen and oxygen atoms in total. The fourth-order valence-corrected chi connectivity index (χ4v) is 2.33. The second kappa shape index (κ2) is 8.75. The van der Waals surface area contributed by atoms with Crippen molar-refractivity contribution in [2.45, 2.75) is 20.8 Å². The van der Waals surface area contributed by atoms with Crippen molar-refractivity contribution >= 4 is 28.9 Å². The van der Waals surface area contributed by atoms with Crippen LogP contribution in [0.25, 0.3) is 0 Å². The molecule has 26 heavy (non-hydrogen) atoms. The molecule has 2 rings (SSSR count).